The summed E-state index contributed by atoms with van der Waals surface area (Å²) in [5, 5.41) is 0. The lowest BCUT2D eigenvalue weighted by atomic mass is 10.2. The predicted molar refractivity (Wildman–Crippen MR) is 46.4 cm³/mol. The van der Waals surface area contributed by atoms with Crippen LogP contribution in [0.2, 0.25) is 0 Å². The first-order valence-electron chi connectivity index (χ1n) is 3.90. The molecule has 0 aliphatic heterocycles. The van der Waals surface area contributed by atoms with Crippen LogP contribution in [0.1, 0.15) is 12.0 Å². The van der Waals surface area contributed by atoms with Crippen molar-refractivity contribution < 1.29 is 9.53 Å². The standard InChI is InChI=1S/C10H11O2/c11-7-4-8-12-9-10-5-2-1-3-6-10/h1-3,5-6H,4,8-9H2. The van der Waals surface area contributed by atoms with Crippen LogP contribution in [0.4, 0.5) is 0 Å². The van der Waals surface area contributed by atoms with Gasteiger partial charge in [-0.3, -0.25) is 4.79 Å². The molecule has 63 valence electrons. The van der Waals surface area contributed by atoms with Crippen molar-refractivity contribution in [3.63, 3.8) is 0 Å². The van der Waals surface area contributed by atoms with Gasteiger partial charge in [0.1, 0.15) is 0 Å². The second-order valence-electron chi connectivity index (χ2n) is 2.43. The van der Waals surface area contributed by atoms with Crippen molar-refractivity contribution in [2.45, 2.75) is 13.0 Å². The Bertz CT molecular complexity index is 219. The zero-order chi connectivity index (χ0) is 8.65. The van der Waals surface area contributed by atoms with Crippen molar-refractivity contribution in [3.05, 3.63) is 35.9 Å². The van der Waals surface area contributed by atoms with Gasteiger partial charge >= 0.3 is 0 Å². The molecule has 1 aromatic rings. The molecule has 0 saturated heterocycles. The number of hydrogen-bond donors (Lipinski definition) is 0. The summed E-state index contributed by atoms with van der Waals surface area (Å²) < 4.78 is 5.20. The quantitative estimate of drug-likeness (QED) is 0.617. The van der Waals surface area contributed by atoms with E-state index in [1.165, 1.54) is 0 Å². The van der Waals surface area contributed by atoms with E-state index in [0.29, 0.717) is 19.6 Å². The molecule has 0 heterocycles. The first-order chi connectivity index (χ1) is 5.93. The lowest BCUT2D eigenvalue weighted by Crippen LogP contribution is -1.95. The Labute approximate surface area is 72.2 Å². The smallest absolute Gasteiger partial charge is 0.200 e. The molecule has 0 N–H and O–H groups in total. The Kier molecular flexibility index (Phi) is 4.09. The average molecular weight is 163 g/mol. The minimum Gasteiger partial charge on any atom is -0.376 e. The van der Waals surface area contributed by atoms with Gasteiger partial charge in [-0.15, -0.1) is 0 Å². The van der Waals surface area contributed by atoms with E-state index in [1.54, 1.807) is 6.29 Å². The summed E-state index contributed by atoms with van der Waals surface area (Å²) >= 11 is 0. The average Bonchev–Trinajstić information content (AvgIpc) is 2.14. The molecule has 1 aromatic carbocycles. The minimum atomic E-state index is 0.354. The Balaban J connectivity index is 2.20. The first kappa shape index (κ1) is 8.94. The maximum absolute atomic E-state index is 9.81. The van der Waals surface area contributed by atoms with Crippen molar-refractivity contribution in [2.75, 3.05) is 6.61 Å². The molecule has 0 unspecified atom stereocenters. The molecule has 2 heteroatoms. The van der Waals surface area contributed by atoms with Crippen molar-refractivity contribution in [3.8, 4) is 0 Å². The summed E-state index contributed by atoms with van der Waals surface area (Å²) in [6.45, 7) is 1.03. The maximum Gasteiger partial charge on any atom is 0.200 e. The van der Waals surface area contributed by atoms with Crippen molar-refractivity contribution >= 4 is 6.29 Å². The maximum atomic E-state index is 9.81. The van der Waals surface area contributed by atoms with E-state index in [1.807, 2.05) is 30.3 Å². The first-order valence-corrected chi connectivity index (χ1v) is 3.90. The Morgan fingerprint density at radius 2 is 2.00 bits per heavy atom. The van der Waals surface area contributed by atoms with Gasteiger partial charge in [0.25, 0.3) is 0 Å². The number of rotatable bonds is 5. The van der Waals surface area contributed by atoms with Crippen LogP contribution in [0.25, 0.3) is 0 Å². The fourth-order valence-electron chi connectivity index (χ4n) is 0.878. The Morgan fingerprint density at radius 3 is 2.67 bits per heavy atom. The van der Waals surface area contributed by atoms with Crippen molar-refractivity contribution in [2.24, 2.45) is 0 Å². The van der Waals surface area contributed by atoms with E-state index < -0.39 is 0 Å². The van der Waals surface area contributed by atoms with Crippen molar-refractivity contribution in [1.82, 2.24) is 0 Å². The highest BCUT2D eigenvalue weighted by molar-refractivity contribution is 5.50. The molecule has 0 aromatic heterocycles. The third-order valence-electron chi connectivity index (χ3n) is 1.46. The molecule has 0 fully saturated rings. The van der Waals surface area contributed by atoms with E-state index in [2.05, 4.69) is 0 Å². The summed E-state index contributed by atoms with van der Waals surface area (Å²) in [4.78, 5) is 9.81. The van der Waals surface area contributed by atoms with Gasteiger partial charge in [-0.25, -0.2) is 0 Å². The molecule has 0 spiro atoms. The summed E-state index contributed by atoms with van der Waals surface area (Å²) in [5.41, 5.74) is 1.13. The lowest BCUT2D eigenvalue weighted by Gasteiger charge is -2.00. The molecule has 0 amide bonds. The van der Waals surface area contributed by atoms with E-state index >= 15 is 0 Å². The highest BCUT2D eigenvalue weighted by Crippen LogP contribution is 1.99. The van der Waals surface area contributed by atoms with Crippen LogP contribution >= 0.6 is 0 Å². The van der Waals surface area contributed by atoms with Crippen molar-refractivity contribution in [1.29, 1.82) is 0 Å². The molecule has 0 saturated carbocycles. The number of hydrogen-bond acceptors (Lipinski definition) is 2. The van der Waals surface area contributed by atoms with Crippen LogP contribution in [0.15, 0.2) is 30.3 Å². The fourth-order valence-corrected chi connectivity index (χ4v) is 0.878. The second kappa shape index (κ2) is 5.49. The zero-order valence-corrected chi connectivity index (χ0v) is 6.82. The largest absolute Gasteiger partial charge is 0.376 e. The van der Waals surface area contributed by atoms with E-state index in [-0.39, 0.29) is 0 Å². The van der Waals surface area contributed by atoms with Gasteiger partial charge in [-0.05, 0) is 5.56 Å². The summed E-state index contributed by atoms with van der Waals surface area (Å²) in [5.74, 6) is 0. The van der Waals surface area contributed by atoms with Crippen LogP contribution in [-0.4, -0.2) is 12.9 Å². The normalized spacial score (nSPS) is 9.67. The van der Waals surface area contributed by atoms with Crippen LogP contribution in [0.3, 0.4) is 0 Å². The van der Waals surface area contributed by atoms with Crippen LogP contribution in [0, 0.1) is 0 Å². The highest BCUT2D eigenvalue weighted by Gasteiger charge is 1.90. The lowest BCUT2D eigenvalue weighted by molar-refractivity contribution is 0.127. The van der Waals surface area contributed by atoms with Crippen LogP contribution in [0.5, 0.6) is 0 Å². The van der Waals surface area contributed by atoms with Crippen LogP contribution < -0.4 is 0 Å². The molecule has 0 aliphatic rings. The molecule has 0 bridgehead atoms. The second-order valence-corrected chi connectivity index (χ2v) is 2.43. The molecular formula is C10H11O2. The summed E-state index contributed by atoms with van der Waals surface area (Å²) in [7, 11) is 0. The summed E-state index contributed by atoms with van der Waals surface area (Å²) in [6, 6.07) is 9.87. The molecule has 1 rings (SSSR count). The number of carbonyl (C=O) groups excluding carboxylic acids is 1. The molecule has 0 atom stereocenters. The van der Waals surface area contributed by atoms with Crippen LogP contribution in [-0.2, 0) is 16.1 Å². The molecule has 0 aliphatic carbocycles. The van der Waals surface area contributed by atoms with Gasteiger partial charge in [-0.1, -0.05) is 30.3 Å². The van der Waals surface area contributed by atoms with E-state index in [0.717, 1.165) is 5.56 Å². The van der Waals surface area contributed by atoms with E-state index in [4.69, 9.17) is 4.74 Å². The Hall–Kier alpha value is -1.15. The van der Waals surface area contributed by atoms with Gasteiger partial charge in [-0.2, -0.15) is 0 Å². The van der Waals surface area contributed by atoms with Gasteiger partial charge in [0.15, 0.2) is 0 Å². The SMILES string of the molecule is O=[C]CCOCc1ccccc1. The third kappa shape index (κ3) is 3.30. The topological polar surface area (TPSA) is 26.3 Å². The Morgan fingerprint density at radius 1 is 1.25 bits per heavy atom. The van der Waals surface area contributed by atoms with Gasteiger partial charge in [0, 0.05) is 6.42 Å². The molecule has 2 nitrogen and oxygen atoms in total. The molecule has 1 radical (unpaired) electrons. The van der Waals surface area contributed by atoms with Gasteiger partial charge in [0.2, 0.25) is 6.29 Å². The zero-order valence-electron chi connectivity index (χ0n) is 6.82. The monoisotopic (exact) mass is 163 g/mol. The predicted octanol–water partition coefficient (Wildman–Crippen LogP) is 1.70. The molecular weight excluding hydrogens is 152 g/mol. The van der Waals surface area contributed by atoms with Gasteiger partial charge in [0.05, 0.1) is 13.2 Å². The number of ether oxygens (including phenoxy) is 1. The molecule has 12 heavy (non-hydrogen) atoms. The van der Waals surface area contributed by atoms with Gasteiger partial charge < -0.3 is 4.74 Å². The van der Waals surface area contributed by atoms with E-state index in [9.17, 15) is 4.79 Å². The number of benzene rings is 1. The minimum absolute atomic E-state index is 0.354. The highest BCUT2D eigenvalue weighted by atomic mass is 16.5. The summed E-state index contributed by atoms with van der Waals surface area (Å²) in [6.07, 6.45) is 2.13. The fraction of sp³-hybridized carbons (Fsp3) is 0.300. The third-order valence-corrected chi connectivity index (χ3v) is 1.46.